The summed E-state index contributed by atoms with van der Waals surface area (Å²) >= 11 is 12.2. The van der Waals surface area contributed by atoms with Crippen LogP contribution in [0.4, 0.5) is 4.39 Å². The van der Waals surface area contributed by atoms with E-state index in [0.29, 0.717) is 27.9 Å². The standard InChI is InChI=1S/C22H15Cl2FN2O/c23-15-8-4-9-16(12-15)27-21(17-10-5-11-18(24)20(17)25)19(13-28)26-22(27)14-6-2-1-3-7-14/h1-12,28H,13H2. The number of nitrogens with zero attached hydrogens (tertiary/aromatic N) is 2. The first kappa shape index (κ1) is 18.7. The number of hydrogen-bond acceptors (Lipinski definition) is 2. The van der Waals surface area contributed by atoms with Crippen LogP contribution in [0.3, 0.4) is 0 Å². The molecule has 3 aromatic carbocycles. The van der Waals surface area contributed by atoms with Crippen molar-refractivity contribution in [3.63, 3.8) is 0 Å². The second-order valence-corrected chi connectivity index (χ2v) is 7.02. The Labute approximate surface area is 171 Å². The maximum atomic E-state index is 14.9. The van der Waals surface area contributed by atoms with E-state index in [1.807, 2.05) is 42.5 Å². The largest absolute Gasteiger partial charge is 0.390 e. The highest BCUT2D eigenvalue weighted by Crippen LogP contribution is 2.36. The Balaban J connectivity index is 2.10. The zero-order valence-corrected chi connectivity index (χ0v) is 16.1. The molecule has 0 bridgehead atoms. The van der Waals surface area contributed by atoms with E-state index in [0.717, 1.165) is 5.56 Å². The summed E-state index contributed by atoms with van der Waals surface area (Å²) in [7, 11) is 0. The molecule has 0 aliphatic carbocycles. The summed E-state index contributed by atoms with van der Waals surface area (Å²) in [5.41, 5.74) is 2.56. The molecule has 1 N–H and O–H groups in total. The highest BCUT2D eigenvalue weighted by atomic mass is 35.5. The van der Waals surface area contributed by atoms with E-state index in [1.165, 1.54) is 6.07 Å². The third kappa shape index (κ3) is 3.31. The number of rotatable bonds is 4. The molecule has 0 saturated carbocycles. The van der Waals surface area contributed by atoms with Gasteiger partial charge in [-0.05, 0) is 30.3 Å². The summed E-state index contributed by atoms with van der Waals surface area (Å²) in [6.07, 6.45) is 0. The average molecular weight is 413 g/mol. The van der Waals surface area contributed by atoms with Gasteiger partial charge < -0.3 is 5.11 Å². The molecule has 0 atom stereocenters. The molecule has 4 aromatic rings. The minimum atomic E-state index is -0.568. The molecule has 4 rings (SSSR count). The molecule has 6 heteroatoms. The smallest absolute Gasteiger partial charge is 0.151 e. The third-order valence-corrected chi connectivity index (χ3v) is 4.93. The van der Waals surface area contributed by atoms with Crippen LogP contribution in [-0.2, 0) is 6.61 Å². The zero-order valence-electron chi connectivity index (χ0n) is 14.6. The van der Waals surface area contributed by atoms with E-state index >= 15 is 0 Å². The number of aliphatic hydroxyl groups excluding tert-OH is 1. The molecule has 140 valence electrons. The van der Waals surface area contributed by atoms with Crippen molar-refractivity contribution in [1.29, 1.82) is 0 Å². The summed E-state index contributed by atoms with van der Waals surface area (Å²) in [5, 5.41) is 10.5. The van der Waals surface area contributed by atoms with Crippen molar-refractivity contribution in [3.8, 4) is 28.3 Å². The van der Waals surface area contributed by atoms with Crippen molar-refractivity contribution in [2.45, 2.75) is 6.61 Å². The molecule has 28 heavy (non-hydrogen) atoms. The van der Waals surface area contributed by atoms with Gasteiger partial charge in [0.05, 0.1) is 23.0 Å². The Morgan fingerprint density at radius 2 is 1.68 bits per heavy atom. The van der Waals surface area contributed by atoms with Gasteiger partial charge in [0.1, 0.15) is 5.82 Å². The van der Waals surface area contributed by atoms with Crippen LogP contribution in [-0.4, -0.2) is 14.7 Å². The summed E-state index contributed by atoms with van der Waals surface area (Å²) in [4.78, 5) is 4.61. The first-order chi connectivity index (χ1) is 13.6. The summed E-state index contributed by atoms with van der Waals surface area (Å²) in [6, 6.07) is 21.5. The van der Waals surface area contributed by atoms with Crippen LogP contribution in [0.2, 0.25) is 10.0 Å². The molecule has 3 nitrogen and oxygen atoms in total. The number of imidazole rings is 1. The lowest BCUT2D eigenvalue weighted by atomic mass is 10.1. The van der Waals surface area contributed by atoms with E-state index in [2.05, 4.69) is 4.98 Å². The van der Waals surface area contributed by atoms with Gasteiger partial charge in [-0.2, -0.15) is 0 Å². The van der Waals surface area contributed by atoms with Gasteiger partial charge >= 0.3 is 0 Å². The fraction of sp³-hybridized carbons (Fsp3) is 0.0455. The van der Waals surface area contributed by atoms with E-state index < -0.39 is 5.82 Å². The van der Waals surface area contributed by atoms with Gasteiger partial charge in [-0.3, -0.25) is 4.57 Å². The Hall–Kier alpha value is -2.66. The van der Waals surface area contributed by atoms with Gasteiger partial charge in [0.25, 0.3) is 0 Å². The van der Waals surface area contributed by atoms with E-state index in [-0.39, 0.29) is 17.2 Å². The Kier molecular flexibility index (Phi) is 5.18. The topological polar surface area (TPSA) is 38.1 Å². The van der Waals surface area contributed by atoms with Crippen LogP contribution in [0.15, 0.2) is 72.8 Å². The lowest BCUT2D eigenvalue weighted by Crippen LogP contribution is -2.02. The van der Waals surface area contributed by atoms with Gasteiger partial charge in [0.2, 0.25) is 0 Å². The molecular formula is C22H15Cl2FN2O. The van der Waals surface area contributed by atoms with Gasteiger partial charge in [-0.25, -0.2) is 9.37 Å². The Morgan fingerprint density at radius 3 is 2.39 bits per heavy atom. The van der Waals surface area contributed by atoms with Gasteiger partial charge in [0, 0.05) is 21.8 Å². The van der Waals surface area contributed by atoms with Gasteiger partial charge in [-0.15, -0.1) is 0 Å². The second-order valence-electron chi connectivity index (χ2n) is 6.17. The van der Waals surface area contributed by atoms with Crippen molar-refractivity contribution in [1.82, 2.24) is 9.55 Å². The maximum Gasteiger partial charge on any atom is 0.151 e. The normalized spacial score (nSPS) is 11.0. The number of aliphatic hydroxyl groups is 1. The van der Waals surface area contributed by atoms with Gasteiger partial charge in [-0.1, -0.05) is 65.7 Å². The van der Waals surface area contributed by atoms with Crippen LogP contribution in [0, 0.1) is 5.82 Å². The molecule has 0 spiro atoms. The van der Waals surface area contributed by atoms with Crippen molar-refractivity contribution in [2.75, 3.05) is 0 Å². The monoisotopic (exact) mass is 412 g/mol. The fourth-order valence-corrected chi connectivity index (χ4v) is 3.55. The first-order valence-electron chi connectivity index (χ1n) is 8.58. The second kappa shape index (κ2) is 7.76. The molecule has 0 fully saturated rings. The average Bonchev–Trinajstić information content (AvgIpc) is 3.10. The minimum Gasteiger partial charge on any atom is -0.390 e. The third-order valence-electron chi connectivity index (χ3n) is 4.40. The summed E-state index contributed by atoms with van der Waals surface area (Å²) in [6.45, 7) is -0.352. The van der Waals surface area contributed by atoms with Crippen LogP contribution < -0.4 is 0 Å². The van der Waals surface area contributed by atoms with E-state index in [4.69, 9.17) is 23.2 Å². The number of halogens is 3. The van der Waals surface area contributed by atoms with Crippen LogP contribution in [0.25, 0.3) is 28.3 Å². The minimum absolute atomic E-state index is 0.00138. The van der Waals surface area contributed by atoms with Crippen molar-refractivity contribution in [3.05, 3.63) is 94.4 Å². The summed E-state index contributed by atoms with van der Waals surface area (Å²) < 4.78 is 16.7. The molecule has 0 aliphatic rings. The SMILES string of the molecule is OCc1nc(-c2ccccc2)n(-c2cccc(Cl)c2)c1-c1cccc(Cl)c1F. The Morgan fingerprint density at radius 1 is 0.929 bits per heavy atom. The van der Waals surface area contributed by atoms with E-state index in [9.17, 15) is 9.50 Å². The van der Waals surface area contributed by atoms with Crippen LogP contribution in [0.5, 0.6) is 0 Å². The Bertz CT molecular complexity index is 1140. The molecule has 0 aliphatic heterocycles. The highest BCUT2D eigenvalue weighted by molar-refractivity contribution is 6.31. The van der Waals surface area contributed by atoms with E-state index in [1.54, 1.807) is 28.8 Å². The fourth-order valence-electron chi connectivity index (χ4n) is 3.19. The predicted octanol–water partition coefficient (Wildman–Crippen LogP) is 6.14. The van der Waals surface area contributed by atoms with Crippen LogP contribution in [0.1, 0.15) is 5.69 Å². The maximum absolute atomic E-state index is 14.9. The molecule has 0 amide bonds. The first-order valence-corrected chi connectivity index (χ1v) is 9.34. The van der Waals surface area contributed by atoms with Crippen molar-refractivity contribution in [2.24, 2.45) is 0 Å². The highest BCUT2D eigenvalue weighted by Gasteiger charge is 2.23. The zero-order chi connectivity index (χ0) is 19.7. The quantitative estimate of drug-likeness (QED) is 0.436. The molecule has 1 aromatic heterocycles. The molecule has 0 unspecified atom stereocenters. The molecule has 0 radical (unpaired) electrons. The van der Waals surface area contributed by atoms with Gasteiger partial charge in [0.15, 0.2) is 5.82 Å². The summed E-state index contributed by atoms with van der Waals surface area (Å²) in [5.74, 6) is 0.00273. The molecular weight excluding hydrogens is 398 g/mol. The number of hydrogen-bond donors (Lipinski definition) is 1. The lowest BCUT2D eigenvalue weighted by Gasteiger charge is -2.14. The number of aromatic nitrogens is 2. The molecule has 0 saturated heterocycles. The van der Waals surface area contributed by atoms with Crippen molar-refractivity contribution < 1.29 is 9.50 Å². The lowest BCUT2D eigenvalue weighted by molar-refractivity contribution is 0.278. The van der Waals surface area contributed by atoms with Crippen molar-refractivity contribution >= 4 is 23.2 Å². The number of benzene rings is 3. The van der Waals surface area contributed by atoms with Crippen LogP contribution >= 0.6 is 23.2 Å². The predicted molar refractivity (Wildman–Crippen MR) is 110 cm³/mol. The molecule has 1 heterocycles.